The van der Waals surface area contributed by atoms with Crippen LogP contribution >= 0.6 is 0 Å². The van der Waals surface area contributed by atoms with E-state index in [0.717, 1.165) is 44.1 Å². The highest BCUT2D eigenvalue weighted by Crippen LogP contribution is 2.38. The molecule has 2 heterocycles. The van der Waals surface area contributed by atoms with Crippen LogP contribution in [0.4, 0.5) is 4.39 Å². The number of hydrogen-bond donors (Lipinski definition) is 0. The van der Waals surface area contributed by atoms with E-state index in [2.05, 4.69) is 0 Å². The van der Waals surface area contributed by atoms with Crippen molar-refractivity contribution < 1.29 is 18.7 Å². The van der Waals surface area contributed by atoms with Crippen LogP contribution in [0.25, 0.3) is 0 Å². The Bertz CT molecular complexity index is 756. The van der Waals surface area contributed by atoms with E-state index in [1.807, 2.05) is 15.9 Å². The van der Waals surface area contributed by atoms with Gasteiger partial charge in [-0.05, 0) is 49.8 Å². The van der Waals surface area contributed by atoms with Gasteiger partial charge in [0.1, 0.15) is 5.82 Å². The standard InChI is InChI=1S/C23H31FN2O3/c1-16-14-18(6-8-20(16)24)21-9-7-19(22(27)25-10-12-29-13-11-25)15-26(21)23(28)17-4-2-3-5-17/h6,8,14,17,19,21H,2-5,7,9-13,15H2,1H3. The molecule has 6 heteroatoms. The van der Waals surface area contributed by atoms with Gasteiger partial charge in [-0.1, -0.05) is 25.0 Å². The second kappa shape index (κ2) is 8.82. The van der Waals surface area contributed by atoms with Crippen LogP contribution in [0.1, 0.15) is 55.7 Å². The molecule has 5 nitrogen and oxygen atoms in total. The number of carbonyl (C=O) groups is 2. The number of carbonyl (C=O) groups excluding carboxylic acids is 2. The van der Waals surface area contributed by atoms with Gasteiger partial charge in [0, 0.05) is 25.6 Å². The van der Waals surface area contributed by atoms with E-state index in [-0.39, 0.29) is 35.5 Å². The molecule has 2 unspecified atom stereocenters. The second-order valence-corrected chi connectivity index (χ2v) is 8.71. The minimum Gasteiger partial charge on any atom is -0.378 e. The van der Waals surface area contributed by atoms with E-state index < -0.39 is 0 Å². The van der Waals surface area contributed by atoms with Crippen LogP contribution in [0.3, 0.4) is 0 Å². The van der Waals surface area contributed by atoms with Crippen LogP contribution in [0.15, 0.2) is 18.2 Å². The number of aryl methyl sites for hydroxylation is 1. The quantitative estimate of drug-likeness (QED) is 0.778. The van der Waals surface area contributed by atoms with Crippen molar-refractivity contribution in [3.63, 3.8) is 0 Å². The van der Waals surface area contributed by atoms with Gasteiger partial charge in [-0.25, -0.2) is 4.39 Å². The maximum Gasteiger partial charge on any atom is 0.227 e. The van der Waals surface area contributed by atoms with Crippen molar-refractivity contribution in [3.05, 3.63) is 35.1 Å². The molecule has 0 bridgehead atoms. The molecule has 1 aromatic carbocycles. The third-order valence-electron chi connectivity index (χ3n) is 6.81. The van der Waals surface area contributed by atoms with Gasteiger partial charge in [0.2, 0.25) is 11.8 Å². The Morgan fingerprint density at radius 2 is 1.72 bits per heavy atom. The highest BCUT2D eigenvalue weighted by molar-refractivity contribution is 5.83. The number of ether oxygens (including phenoxy) is 1. The molecule has 1 aliphatic carbocycles. The minimum absolute atomic E-state index is 0.0660. The monoisotopic (exact) mass is 402 g/mol. The Labute approximate surface area is 172 Å². The zero-order valence-electron chi connectivity index (χ0n) is 17.2. The summed E-state index contributed by atoms with van der Waals surface area (Å²) < 4.78 is 19.2. The summed E-state index contributed by atoms with van der Waals surface area (Å²) in [7, 11) is 0. The summed E-state index contributed by atoms with van der Waals surface area (Å²) in [6.07, 6.45) is 5.57. The number of amides is 2. The Hall–Kier alpha value is -1.95. The second-order valence-electron chi connectivity index (χ2n) is 8.71. The number of piperidine rings is 1. The summed E-state index contributed by atoms with van der Waals surface area (Å²) in [5.41, 5.74) is 1.58. The van der Waals surface area contributed by atoms with Crippen molar-refractivity contribution >= 4 is 11.8 Å². The smallest absolute Gasteiger partial charge is 0.227 e. The topological polar surface area (TPSA) is 49.9 Å². The fraction of sp³-hybridized carbons (Fsp3) is 0.652. The third-order valence-corrected chi connectivity index (χ3v) is 6.81. The zero-order valence-corrected chi connectivity index (χ0v) is 17.2. The molecule has 0 radical (unpaired) electrons. The molecule has 4 rings (SSSR count). The lowest BCUT2D eigenvalue weighted by molar-refractivity contribution is -0.147. The number of rotatable bonds is 3. The molecule has 0 spiro atoms. The highest BCUT2D eigenvalue weighted by Gasteiger charge is 2.39. The summed E-state index contributed by atoms with van der Waals surface area (Å²) in [4.78, 5) is 30.3. The average Bonchev–Trinajstić information content (AvgIpc) is 3.30. The molecule has 2 saturated heterocycles. The number of halogens is 1. The molecule has 2 amide bonds. The van der Waals surface area contributed by atoms with Crippen LogP contribution in [0, 0.1) is 24.6 Å². The molecular weight excluding hydrogens is 371 g/mol. The van der Waals surface area contributed by atoms with E-state index >= 15 is 0 Å². The lowest BCUT2D eigenvalue weighted by atomic mass is 9.86. The van der Waals surface area contributed by atoms with Gasteiger partial charge in [-0.15, -0.1) is 0 Å². The first-order valence-corrected chi connectivity index (χ1v) is 11.0. The van der Waals surface area contributed by atoms with E-state index in [9.17, 15) is 14.0 Å². The molecule has 3 fully saturated rings. The minimum atomic E-state index is -0.224. The van der Waals surface area contributed by atoms with Crippen LogP contribution in [-0.2, 0) is 14.3 Å². The Balaban J connectivity index is 1.56. The maximum atomic E-state index is 13.8. The lowest BCUT2D eigenvalue weighted by Crippen LogP contribution is -2.51. The first-order valence-electron chi connectivity index (χ1n) is 11.0. The Morgan fingerprint density at radius 1 is 1.00 bits per heavy atom. The maximum absolute atomic E-state index is 13.8. The van der Waals surface area contributed by atoms with Crippen molar-refractivity contribution in [2.24, 2.45) is 11.8 Å². The van der Waals surface area contributed by atoms with E-state index in [0.29, 0.717) is 38.4 Å². The number of nitrogens with zero attached hydrogens (tertiary/aromatic N) is 2. The van der Waals surface area contributed by atoms with Crippen LogP contribution in [-0.4, -0.2) is 54.5 Å². The molecule has 158 valence electrons. The van der Waals surface area contributed by atoms with E-state index in [1.165, 1.54) is 6.07 Å². The molecular formula is C23H31FN2O3. The SMILES string of the molecule is Cc1cc(C2CCC(C(=O)N3CCOCC3)CN2C(=O)C2CCCC2)ccc1F. The van der Waals surface area contributed by atoms with Crippen molar-refractivity contribution in [1.82, 2.24) is 9.80 Å². The third kappa shape index (κ3) is 4.32. The molecule has 0 aromatic heterocycles. The van der Waals surface area contributed by atoms with Gasteiger partial charge < -0.3 is 14.5 Å². The highest BCUT2D eigenvalue weighted by atomic mass is 19.1. The van der Waals surface area contributed by atoms with Gasteiger partial charge in [-0.2, -0.15) is 0 Å². The summed E-state index contributed by atoms with van der Waals surface area (Å²) in [6, 6.07) is 5.08. The molecule has 3 aliphatic rings. The van der Waals surface area contributed by atoms with Gasteiger partial charge in [-0.3, -0.25) is 9.59 Å². The predicted octanol–water partition coefficient (Wildman–Crippen LogP) is 3.46. The summed E-state index contributed by atoms with van der Waals surface area (Å²) in [6.45, 7) is 4.66. The van der Waals surface area contributed by atoms with E-state index in [1.54, 1.807) is 13.0 Å². The molecule has 29 heavy (non-hydrogen) atoms. The fourth-order valence-corrected chi connectivity index (χ4v) is 5.09. The lowest BCUT2D eigenvalue weighted by Gasteiger charge is -2.42. The normalized spacial score (nSPS) is 26.0. The molecule has 2 aliphatic heterocycles. The summed E-state index contributed by atoms with van der Waals surface area (Å²) in [5.74, 6) is 0.00588. The van der Waals surface area contributed by atoms with Gasteiger partial charge in [0.15, 0.2) is 0 Å². The molecule has 2 atom stereocenters. The van der Waals surface area contributed by atoms with Gasteiger partial charge >= 0.3 is 0 Å². The molecule has 0 N–H and O–H groups in total. The molecule has 1 saturated carbocycles. The fourth-order valence-electron chi connectivity index (χ4n) is 5.09. The summed E-state index contributed by atoms with van der Waals surface area (Å²) >= 11 is 0. The number of morpholine rings is 1. The van der Waals surface area contributed by atoms with Crippen LogP contribution in [0.2, 0.25) is 0 Å². The van der Waals surface area contributed by atoms with Crippen molar-refractivity contribution in [3.8, 4) is 0 Å². The average molecular weight is 403 g/mol. The van der Waals surface area contributed by atoms with Crippen molar-refractivity contribution in [1.29, 1.82) is 0 Å². The Kier molecular flexibility index (Phi) is 6.18. The van der Waals surface area contributed by atoms with Gasteiger partial charge in [0.05, 0.1) is 25.2 Å². The molecule has 1 aromatic rings. The number of likely N-dealkylation sites (tertiary alicyclic amines) is 1. The van der Waals surface area contributed by atoms with E-state index in [4.69, 9.17) is 4.74 Å². The van der Waals surface area contributed by atoms with Crippen LogP contribution in [0.5, 0.6) is 0 Å². The van der Waals surface area contributed by atoms with Crippen LogP contribution < -0.4 is 0 Å². The number of hydrogen-bond acceptors (Lipinski definition) is 3. The number of benzene rings is 1. The first kappa shape index (κ1) is 20.3. The van der Waals surface area contributed by atoms with Gasteiger partial charge in [0.25, 0.3) is 0 Å². The largest absolute Gasteiger partial charge is 0.378 e. The predicted molar refractivity (Wildman–Crippen MR) is 108 cm³/mol. The Morgan fingerprint density at radius 3 is 2.41 bits per heavy atom. The van der Waals surface area contributed by atoms with Crippen molar-refractivity contribution in [2.45, 2.75) is 51.5 Å². The summed E-state index contributed by atoms with van der Waals surface area (Å²) in [5, 5.41) is 0. The van der Waals surface area contributed by atoms with Crippen molar-refractivity contribution in [2.75, 3.05) is 32.8 Å². The first-order chi connectivity index (χ1) is 14.0. The zero-order chi connectivity index (χ0) is 20.4.